The van der Waals surface area contributed by atoms with E-state index in [0.717, 1.165) is 4.90 Å². The van der Waals surface area contributed by atoms with Gasteiger partial charge in [0, 0.05) is 5.56 Å². The number of hydroxylamine groups is 2. The Balaban J connectivity index is 2.07. The van der Waals surface area contributed by atoms with Crippen LogP contribution >= 0.6 is 0 Å². The molecule has 2 aliphatic rings. The van der Waals surface area contributed by atoms with E-state index in [1.54, 1.807) is 0 Å². The minimum Gasteiger partial charge on any atom is -0.479 e. The van der Waals surface area contributed by atoms with Gasteiger partial charge in [-0.15, -0.1) is 4.28 Å². The Bertz CT molecular complexity index is 697. The quantitative estimate of drug-likeness (QED) is 0.605. The van der Waals surface area contributed by atoms with Gasteiger partial charge in [0.15, 0.2) is 6.04 Å². The van der Waals surface area contributed by atoms with Crippen molar-refractivity contribution in [2.45, 2.75) is 12.1 Å². The van der Waals surface area contributed by atoms with E-state index < -0.39 is 34.5 Å². The number of aromatic amines is 1. The average Bonchev–Trinajstić information content (AvgIpc) is 2.88. The third-order valence-corrected chi connectivity index (χ3v) is 3.49. The van der Waals surface area contributed by atoms with Crippen molar-refractivity contribution in [2.24, 2.45) is 0 Å². The first kappa shape index (κ1) is 12.8. The zero-order valence-electron chi connectivity index (χ0n) is 9.62. The second-order valence-electron chi connectivity index (χ2n) is 4.26. The summed E-state index contributed by atoms with van der Waals surface area (Å²) in [6.45, 7) is -0.0855. The molecule has 3 heterocycles. The van der Waals surface area contributed by atoms with Gasteiger partial charge in [-0.3, -0.25) is 9.65 Å². The maximum atomic E-state index is 12.0. The fourth-order valence-electron chi connectivity index (χ4n) is 2.43. The largest absolute Gasteiger partial charge is 0.479 e. The summed E-state index contributed by atoms with van der Waals surface area (Å²) >= 11 is 0. The molecule has 2 unspecified atom stereocenters. The van der Waals surface area contributed by atoms with E-state index in [4.69, 9.17) is 4.55 Å². The van der Waals surface area contributed by atoms with Gasteiger partial charge in [0.2, 0.25) is 0 Å². The van der Waals surface area contributed by atoms with Gasteiger partial charge in [-0.25, -0.2) is 9.59 Å². The topological polar surface area (TPSA) is 153 Å². The first-order chi connectivity index (χ1) is 9.29. The van der Waals surface area contributed by atoms with Gasteiger partial charge in [0.1, 0.15) is 6.04 Å². The number of rotatable bonds is 3. The van der Waals surface area contributed by atoms with Crippen LogP contribution in [-0.4, -0.2) is 56.8 Å². The Hall–Kier alpha value is -2.18. The van der Waals surface area contributed by atoms with E-state index in [1.165, 1.54) is 6.20 Å². The SMILES string of the molecule is O=C(O)C1c2[nH]ncc2C2CN1C(=O)N2OS(=O)(=O)O. The van der Waals surface area contributed by atoms with Crippen LogP contribution in [0.15, 0.2) is 6.20 Å². The fourth-order valence-corrected chi connectivity index (χ4v) is 2.80. The number of H-pyrrole nitrogens is 1. The summed E-state index contributed by atoms with van der Waals surface area (Å²) < 4.78 is 34.4. The van der Waals surface area contributed by atoms with Gasteiger partial charge in [-0.1, -0.05) is 0 Å². The summed E-state index contributed by atoms with van der Waals surface area (Å²) in [7, 11) is -4.90. The maximum Gasteiger partial charge on any atom is 0.418 e. The molecule has 0 spiro atoms. The minimum absolute atomic E-state index is 0.0855. The van der Waals surface area contributed by atoms with Crippen molar-refractivity contribution in [3.63, 3.8) is 0 Å². The lowest BCUT2D eigenvalue weighted by Crippen LogP contribution is -2.38. The Morgan fingerprint density at radius 2 is 2.25 bits per heavy atom. The number of carboxylic acids is 1. The lowest BCUT2D eigenvalue weighted by molar-refractivity contribution is -0.142. The predicted octanol–water partition coefficient (Wildman–Crippen LogP) is -0.938. The van der Waals surface area contributed by atoms with Crippen molar-refractivity contribution in [2.75, 3.05) is 6.54 Å². The van der Waals surface area contributed by atoms with Crippen LogP contribution in [0.5, 0.6) is 0 Å². The molecule has 2 atom stereocenters. The molecular formula is C8H8N4O7S. The molecular weight excluding hydrogens is 296 g/mol. The number of hydrogen-bond acceptors (Lipinski definition) is 6. The van der Waals surface area contributed by atoms with Crippen molar-refractivity contribution in [1.29, 1.82) is 0 Å². The zero-order chi connectivity index (χ0) is 14.7. The number of nitrogens with one attached hydrogen (secondary N) is 1. The second kappa shape index (κ2) is 3.91. The Labute approximate surface area is 111 Å². The molecule has 1 fully saturated rings. The van der Waals surface area contributed by atoms with Gasteiger partial charge in [-0.05, 0) is 0 Å². The van der Waals surface area contributed by atoms with Crippen LogP contribution in [0.25, 0.3) is 0 Å². The zero-order valence-corrected chi connectivity index (χ0v) is 10.4. The molecule has 0 aromatic carbocycles. The summed E-state index contributed by atoms with van der Waals surface area (Å²) in [5, 5.41) is 15.8. The Morgan fingerprint density at radius 3 is 2.85 bits per heavy atom. The van der Waals surface area contributed by atoms with Crippen LogP contribution < -0.4 is 0 Å². The van der Waals surface area contributed by atoms with E-state index in [9.17, 15) is 23.1 Å². The molecule has 1 aromatic rings. The number of aliphatic carboxylic acids is 1. The Morgan fingerprint density at radius 1 is 1.55 bits per heavy atom. The minimum atomic E-state index is -4.90. The standard InChI is InChI=1S/C8H8N4O7S/c13-7(14)6-5-3(1-9-10-5)4-2-11(6)8(15)12(4)19-20(16,17)18/h1,4,6H,2H2,(H,9,10)(H,13,14)(H,16,17,18). The van der Waals surface area contributed by atoms with E-state index >= 15 is 0 Å². The summed E-state index contributed by atoms with van der Waals surface area (Å²) in [4.78, 5) is 24.2. The number of carbonyl (C=O) groups is 2. The van der Waals surface area contributed by atoms with Crippen molar-refractivity contribution in [3.8, 4) is 0 Å². The van der Waals surface area contributed by atoms with E-state index in [-0.39, 0.29) is 12.2 Å². The first-order valence-electron chi connectivity index (χ1n) is 5.32. The predicted molar refractivity (Wildman–Crippen MR) is 58.3 cm³/mol. The molecule has 11 nitrogen and oxygen atoms in total. The number of fused-ring (bicyclic) bond motifs is 4. The third kappa shape index (κ3) is 1.73. The van der Waals surface area contributed by atoms with Gasteiger partial charge in [0.05, 0.1) is 18.4 Å². The number of urea groups is 1. The molecule has 0 radical (unpaired) electrons. The highest BCUT2D eigenvalue weighted by Crippen LogP contribution is 2.43. The Kier molecular flexibility index (Phi) is 2.51. The normalized spacial score (nSPS) is 24.9. The van der Waals surface area contributed by atoms with Crippen molar-refractivity contribution in [1.82, 2.24) is 20.2 Å². The number of amides is 2. The molecule has 12 heteroatoms. The maximum absolute atomic E-state index is 12.0. The van der Waals surface area contributed by atoms with E-state index in [0.29, 0.717) is 10.6 Å². The van der Waals surface area contributed by atoms with Gasteiger partial charge < -0.3 is 10.0 Å². The molecule has 3 N–H and O–H groups in total. The van der Waals surface area contributed by atoms with Crippen LogP contribution in [-0.2, 0) is 19.5 Å². The van der Waals surface area contributed by atoms with Crippen molar-refractivity contribution in [3.05, 3.63) is 17.5 Å². The number of hydrogen-bond donors (Lipinski definition) is 3. The van der Waals surface area contributed by atoms with Crippen molar-refractivity contribution >= 4 is 22.4 Å². The number of aromatic nitrogens is 2. The van der Waals surface area contributed by atoms with Crippen LogP contribution in [0.2, 0.25) is 0 Å². The smallest absolute Gasteiger partial charge is 0.418 e. The molecule has 1 saturated heterocycles. The fraction of sp³-hybridized carbons (Fsp3) is 0.375. The molecule has 0 saturated carbocycles. The monoisotopic (exact) mass is 304 g/mol. The highest BCUT2D eigenvalue weighted by Gasteiger charge is 2.53. The molecule has 20 heavy (non-hydrogen) atoms. The number of carboxylic acid groups (broad SMARTS) is 1. The van der Waals surface area contributed by atoms with Crippen molar-refractivity contribution < 1.29 is 31.9 Å². The van der Waals surface area contributed by atoms with E-state index in [2.05, 4.69) is 14.5 Å². The van der Waals surface area contributed by atoms with Crippen LogP contribution in [0.1, 0.15) is 23.3 Å². The number of carbonyl (C=O) groups excluding carboxylic acids is 1. The number of nitrogens with zero attached hydrogens (tertiary/aromatic N) is 3. The van der Waals surface area contributed by atoms with Crippen LogP contribution in [0.3, 0.4) is 0 Å². The molecule has 108 valence electrons. The molecule has 3 rings (SSSR count). The van der Waals surface area contributed by atoms with Gasteiger partial charge in [0.25, 0.3) is 0 Å². The summed E-state index contributed by atoms with van der Waals surface area (Å²) in [6, 6.07) is -3.15. The third-order valence-electron chi connectivity index (χ3n) is 3.14. The van der Waals surface area contributed by atoms with E-state index in [1.807, 2.05) is 0 Å². The van der Waals surface area contributed by atoms with Gasteiger partial charge >= 0.3 is 22.4 Å². The summed E-state index contributed by atoms with van der Waals surface area (Å²) in [6.07, 6.45) is 1.28. The van der Waals surface area contributed by atoms with Crippen LogP contribution in [0, 0.1) is 0 Å². The molecule has 2 bridgehead atoms. The lowest BCUT2D eigenvalue weighted by Gasteiger charge is -2.26. The molecule has 0 aliphatic carbocycles. The molecule has 2 aliphatic heterocycles. The second-order valence-corrected chi connectivity index (χ2v) is 5.26. The first-order valence-corrected chi connectivity index (χ1v) is 6.69. The molecule has 1 aromatic heterocycles. The highest BCUT2D eigenvalue weighted by atomic mass is 32.3. The highest BCUT2D eigenvalue weighted by molar-refractivity contribution is 7.80. The van der Waals surface area contributed by atoms with Crippen LogP contribution in [0.4, 0.5) is 4.79 Å². The molecule has 2 amide bonds. The lowest BCUT2D eigenvalue weighted by atomic mass is 9.98. The average molecular weight is 304 g/mol. The summed E-state index contributed by atoms with van der Waals surface area (Å²) in [5.41, 5.74) is 0.492. The summed E-state index contributed by atoms with van der Waals surface area (Å²) in [5.74, 6) is -1.30. The van der Waals surface area contributed by atoms with Gasteiger partial charge in [-0.2, -0.15) is 18.6 Å².